The van der Waals surface area contributed by atoms with Crippen molar-refractivity contribution in [3.63, 3.8) is 0 Å². The molecule has 1 saturated carbocycles. The van der Waals surface area contributed by atoms with Gasteiger partial charge in [0.25, 0.3) is 0 Å². The Morgan fingerprint density at radius 2 is 2.16 bits per heavy atom. The van der Waals surface area contributed by atoms with Crippen LogP contribution in [0.25, 0.3) is 0 Å². The predicted molar refractivity (Wildman–Crippen MR) is 75.6 cm³/mol. The maximum absolute atomic E-state index is 9.60. The highest BCUT2D eigenvalue weighted by Crippen LogP contribution is 2.37. The number of aliphatic hydroxyl groups is 1. The lowest BCUT2D eigenvalue weighted by Crippen LogP contribution is -2.36. The van der Waals surface area contributed by atoms with Crippen molar-refractivity contribution in [1.82, 2.24) is 5.32 Å². The lowest BCUT2D eigenvalue weighted by molar-refractivity contribution is 0.125. The Labute approximate surface area is 115 Å². The van der Waals surface area contributed by atoms with Crippen LogP contribution < -0.4 is 5.32 Å². The minimum atomic E-state index is 0.0705. The highest BCUT2D eigenvalue weighted by Gasteiger charge is 2.33. The first-order valence-electron chi connectivity index (χ1n) is 7.03. The first-order chi connectivity index (χ1) is 9.19. The molecule has 0 bridgehead atoms. The van der Waals surface area contributed by atoms with E-state index >= 15 is 0 Å². The summed E-state index contributed by atoms with van der Waals surface area (Å²) in [7, 11) is 0. The van der Waals surface area contributed by atoms with Crippen molar-refractivity contribution in [2.24, 2.45) is 5.41 Å². The van der Waals surface area contributed by atoms with Crippen LogP contribution in [0.5, 0.6) is 0 Å². The van der Waals surface area contributed by atoms with E-state index in [4.69, 9.17) is 5.26 Å². The normalized spacial score (nSPS) is 19.0. The summed E-state index contributed by atoms with van der Waals surface area (Å²) in [6, 6.07) is 10.1. The van der Waals surface area contributed by atoms with Gasteiger partial charge in [0, 0.05) is 24.6 Å². The summed E-state index contributed by atoms with van der Waals surface area (Å²) >= 11 is 0. The fourth-order valence-corrected chi connectivity index (χ4v) is 2.88. The van der Waals surface area contributed by atoms with E-state index in [1.165, 1.54) is 12.8 Å². The molecule has 0 aromatic heterocycles. The predicted octanol–water partition coefficient (Wildman–Crippen LogP) is 2.76. The molecule has 0 spiro atoms. The van der Waals surface area contributed by atoms with Crippen LogP contribution in [0.3, 0.4) is 0 Å². The standard InChI is InChI=1S/C16H22N2O/c1-13(15-6-4-5-14(9-15)10-17)18-11-16(12-19)7-2-3-8-16/h4-6,9,13,18-19H,2-3,7-8,11-12H2,1H3. The zero-order valence-corrected chi connectivity index (χ0v) is 11.5. The average Bonchev–Trinajstić information content (AvgIpc) is 2.94. The highest BCUT2D eigenvalue weighted by molar-refractivity contribution is 5.34. The van der Waals surface area contributed by atoms with Crippen LogP contribution in [-0.2, 0) is 0 Å². The molecule has 0 radical (unpaired) electrons. The van der Waals surface area contributed by atoms with Gasteiger partial charge in [-0.1, -0.05) is 25.0 Å². The molecule has 1 aliphatic rings. The SMILES string of the molecule is CC(NCC1(CO)CCCC1)c1cccc(C#N)c1. The van der Waals surface area contributed by atoms with Gasteiger partial charge in [0.1, 0.15) is 0 Å². The van der Waals surface area contributed by atoms with Crippen molar-refractivity contribution in [1.29, 1.82) is 5.26 Å². The Bertz CT molecular complexity index is 458. The molecule has 1 fully saturated rings. The van der Waals surface area contributed by atoms with Gasteiger partial charge in [-0.15, -0.1) is 0 Å². The lowest BCUT2D eigenvalue weighted by Gasteiger charge is -2.29. The molecule has 1 unspecified atom stereocenters. The van der Waals surface area contributed by atoms with Crippen LogP contribution in [0.4, 0.5) is 0 Å². The summed E-state index contributed by atoms with van der Waals surface area (Å²) < 4.78 is 0. The van der Waals surface area contributed by atoms with Crippen molar-refractivity contribution in [2.45, 2.75) is 38.6 Å². The second kappa shape index (κ2) is 6.18. The van der Waals surface area contributed by atoms with Crippen LogP contribution >= 0.6 is 0 Å². The summed E-state index contributed by atoms with van der Waals surface area (Å²) in [5.74, 6) is 0. The zero-order chi connectivity index (χ0) is 13.7. The molecule has 2 rings (SSSR count). The van der Waals surface area contributed by atoms with E-state index in [0.29, 0.717) is 5.56 Å². The van der Waals surface area contributed by atoms with Gasteiger partial charge in [0.2, 0.25) is 0 Å². The first-order valence-corrected chi connectivity index (χ1v) is 7.03. The van der Waals surface area contributed by atoms with Crippen LogP contribution in [0.15, 0.2) is 24.3 Å². The van der Waals surface area contributed by atoms with Gasteiger partial charge < -0.3 is 10.4 Å². The zero-order valence-electron chi connectivity index (χ0n) is 11.5. The van der Waals surface area contributed by atoms with Crippen molar-refractivity contribution < 1.29 is 5.11 Å². The number of nitrogens with zero attached hydrogens (tertiary/aromatic N) is 1. The highest BCUT2D eigenvalue weighted by atomic mass is 16.3. The summed E-state index contributed by atoms with van der Waals surface area (Å²) in [6.07, 6.45) is 4.67. The molecule has 19 heavy (non-hydrogen) atoms. The minimum Gasteiger partial charge on any atom is -0.396 e. The van der Waals surface area contributed by atoms with Gasteiger partial charge in [-0.25, -0.2) is 0 Å². The maximum Gasteiger partial charge on any atom is 0.0991 e. The average molecular weight is 258 g/mol. The minimum absolute atomic E-state index is 0.0705. The third-order valence-electron chi connectivity index (χ3n) is 4.30. The van der Waals surface area contributed by atoms with E-state index in [9.17, 15) is 5.11 Å². The molecule has 2 N–H and O–H groups in total. The third-order valence-corrected chi connectivity index (χ3v) is 4.30. The van der Waals surface area contributed by atoms with Crippen molar-refractivity contribution >= 4 is 0 Å². The number of nitriles is 1. The molecule has 102 valence electrons. The molecule has 3 heteroatoms. The summed E-state index contributed by atoms with van der Waals surface area (Å²) in [5.41, 5.74) is 1.90. The maximum atomic E-state index is 9.60. The van der Waals surface area contributed by atoms with E-state index in [2.05, 4.69) is 18.3 Å². The largest absolute Gasteiger partial charge is 0.396 e. The number of hydrogen-bond donors (Lipinski definition) is 2. The number of aliphatic hydroxyl groups excluding tert-OH is 1. The molecule has 0 amide bonds. The van der Waals surface area contributed by atoms with Crippen LogP contribution in [0.2, 0.25) is 0 Å². The number of benzene rings is 1. The third kappa shape index (κ3) is 3.34. The molecular formula is C16H22N2O. The fourth-order valence-electron chi connectivity index (χ4n) is 2.88. The van der Waals surface area contributed by atoms with Gasteiger partial charge in [0.05, 0.1) is 11.6 Å². The quantitative estimate of drug-likeness (QED) is 0.854. The Morgan fingerprint density at radius 3 is 2.79 bits per heavy atom. The van der Waals surface area contributed by atoms with Gasteiger partial charge in [-0.2, -0.15) is 5.26 Å². The fraction of sp³-hybridized carbons (Fsp3) is 0.562. The number of rotatable bonds is 5. The molecule has 0 heterocycles. The van der Waals surface area contributed by atoms with E-state index < -0.39 is 0 Å². The molecule has 1 aromatic carbocycles. The Kier molecular flexibility index (Phi) is 4.57. The van der Waals surface area contributed by atoms with E-state index in [1.54, 1.807) is 0 Å². The number of nitrogens with one attached hydrogen (secondary N) is 1. The van der Waals surface area contributed by atoms with Crippen LogP contribution in [0, 0.1) is 16.7 Å². The van der Waals surface area contributed by atoms with Crippen LogP contribution in [0.1, 0.15) is 49.8 Å². The van der Waals surface area contributed by atoms with Crippen LogP contribution in [-0.4, -0.2) is 18.3 Å². The summed E-state index contributed by atoms with van der Waals surface area (Å²) in [4.78, 5) is 0. The molecule has 1 aliphatic carbocycles. The van der Waals surface area contributed by atoms with Gasteiger partial charge in [0.15, 0.2) is 0 Å². The summed E-state index contributed by atoms with van der Waals surface area (Å²) in [6.45, 7) is 3.23. The topological polar surface area (TPSA) is 56.0 Å². The molecule has 0 aliphatic heterocycles. The molecule has 1 aromatic rings. The van der Waals surface area contributed by atoms with Gasteiger partial charge in [-0.05, 0) is 37.5 Å². The van der Waals surface area contributed by atoms with E-state index in [0.717, 1.165) is 24.9 Å². The number of hydrogen-bond acceptors (Lipinski definition) is 3. The smallest absolute Gasteiger partial charge is 0.0991 e. The van der Waals surface area contributed by atoms with Crippen molar-refractivity contribution in [3.8, 4) is 6.07 Å². The Hall–Kier alpha value is -1.37. The van der Waals surface area contributed by atoms with E-state index in [1.807, 2.05) is 24.3 Å². The van der Waals surface area contributed by atoms with Gasteiger partial charge >= 0.3 is 0 Å². The second-order valence-electron chi connectivity index (χ2n) is 5.71. The Morgan fingerprint density at radius 1 is 1.42 bits per heavy atom. The van der Waals surface area contributed by atoms with Gasteiger partial charge in [-0.3, -0.25) is 0 Å². The first kappa shape index (κ1) is 14.0. The molecule has 3 nitrogen and oxygen atoms in total. The Balaban J connectivity index is 1.97. The molecular weight excluding hydrogens is 236 g/mol. The van der Waals surface area contributed by atoms with E-state index in [-0.39, 0.29) is 18.1 Å². The van der Waals surface area contributed by atoms with Crippen molar-refractivity contribution in [2.75, 3.05) is 13.2 Å². The summed E-state index contributed by atoms with van der Waals surface area (Å²) in [5, 5.41) is 22.0. The molecule has 1 atom stereocenters. The lowest BCUT2D eigenvalue weighted by atomic mass is 9.87. The molecule has 0 saturated heterocycles. The second-order valence-corrected chi connectivity index (χ2v) is 5.71. The van der Waals surface area contributed by atoms with Crippen molar-refractivity contribution in [3.05, 3.63) is 35.4 Å². The monoisotopic (exact) mass is 258 g/mol.